The van der Waals surface area contributed by atoms with Crippen LogP contribution in [0, 0.1) is 10.8 Å². The first kappa shape index (κ1) is 19.7. The van der Waals surface area contributed by atoms with Gasteiger partial charge < -0.3 is 19.7 Å². The molecule has 2 heterocycles. The summed E-state index contributed by atoms with van der Waals surface area (Å²) in [5.74, 6) is 1.13. The minimum absolute atomic E-state index is 0. The monoisotopic (exact) mass is 463 g/mol. The smallest absolute Gasteiger partial charge is 0.194 e. The molecule has 3 atom stereocenters. The zero-order valence-corrected chi connectivity index (χ0v) is 18.1. The lowest BCUT2D eigenvalue weighted by Gasteiger charge is -2.61. The van der Waals surface area contributed by atoms with Gasteiger partial charge in [0, 0.05) is 49.7 Å². The third-order valence-corrected chi connectivity index (χ3v) is 6.97. The number of likely N-dealkylation sites (tertiary alicyclic amines) is 1. The van der Waals surface area contributed by atoms with Gasteiger partial charge in [0.25, 0.3) is 0 Å². The van der Waals surface area contributed by atoms with Gasteiger partial charge in [0.1, 0.15) is 0 Å². The molecule has 6 heteroatoms. The Kier molecular flexibility index (Phi) is 6.21. The average Bonchev–Trinajstić information content (AvgIpc) is 3.14. The topological polar surface area (TPSA) is 46.1 Å². The number of halogens is 1. The highest BCUT2D eigenvalue weighted by molar-refractivity contribution is 14.0. The number of aliphatic imine (C=N–C) groups is 1. The molecule has 4 aliphatic rings. The summed E-state index contributed by atoms with van der Waals surface area (Å²) in [7, 11) is 0. The maximum Gasteiger partial charge on any atom is 0.194 e. The van der Waals surface area contributed by atoms with Crippen LogP contribution in [-0.2, 0) is 9.47 Å². The van der Waals surface area contributed by atoms with Gasteiger partial charge in [-0.1, -0.05) is 6.42 Å². The molecule has 2 saturated carbocycles. The molecule has 2 aliphatic carbocycles. The summed E-state index contributed by atoms with van der Waals surface area (Å²) in [6.45, 7) is 10.0. The lowest BCUT2D eigenvalue weighted by molar-refractivity contribution is -0.168. The van der Waals surface area contributed by atoms with E-state index in [1.165, 1.54) is 32.1 Å². The van der Waals surface area contributed by atoms with Crippen molar-refractivity contribution in [2.75, 3.05) is 39.5 Å². The fraction of sp³-hybridized carbons (Fsp3) is 0.947. The molecular weight excluding hydrogens is 429 g/mol. The molecule has 2 saturated heterocycles. The molecule has 5 nitrogen and oxygen atoms in total. The van der Waals surface area contributed by atoms with E-state index in [1.807, 2.05) is 0 Å². The van der Waals surface area contributed by atoms with E-state index in [4.69, 9.17) is 14.5 Å². The average molecular weight is 463 g/mol. The zero-order valence-electron chi connectivity index (χ0n) is 15.8. The van der Waals surface area contributed by atoms with Crippen LogP contribution >= 0.6 is 24.0 Å². The van der Waals surface area contributed by atoms with Gasteiger partial charge in [0.05, 0.1) is 12.7 Å². The molecule has 3 unspecified atom stereocenters. The highest BCUT2D eigenvalue weighted by atomic mass is 127. The Balaban J connectivity index is 0.00000182. The molecule has 1 N–H and O–H groups in total. The van der Waals surface area contributed by atoms with Gasteiger partial charge in [-0.3, -0.25) is 4.99 Å². The van der Waals surface area contributed by atoms with Crippen molar-refractivity contribution in [2.45, 2.75) is 64.5 Å². The maximum absolute atomic E-state index is 6.00. The van der Waals surface area contributed by atoms with E-state index in [0.29, 0.717) is 23.0 Å². The summed E-state index contributed by atoms with van der Waals surface area (Å²) in [6.07, 6.45) is 8.03. The molecule has 25 heavy (non-hydrogen) atoms. The molecule has 0 radical (unpaired) electrons. The van der Waals surface area contributed by atoms with Gasteiger partial charge >= 0.3 is 0 Å². The number of ether oxygens (including phenoxy) is 2. The van der Waals surface area contributed by atoms with Crippen LogP contribution in [0.3, 0.4) is 0 Å². The predicted molar refractivity (Wildman–Crippen MR) is 111 cm³/mol. The molecule has 0 amide bonds. The number of rotatable bonds is 4. The molecule has 4 rings (SSSR count). The molecule has 0 aromatic carbocycles. The van der Waals surface area contributed by atoms with E-state index in [2.05, 4.69) is 24.1 Å². The lowest BCUT2D eigenvalue weighted by atomic mass is 9.51. The summed E-state index contributed by atoms with van der Waals surface area (Å²) >= 11 is 0. The van der Waals surface area contributed by atoms with Crippen molar-refractivity contribution in [2.24, 2.45) is 15.8 Å². The fourth-order valence-corrected chi connectivity index (χ4v) is 5.27. The molecular formula is C19H34IN3O2. The number of nitrogens with zero attached hydrogens (tertiary/aromatic N) is 2. The molecule has 0 aromatic heterocycles. The van der Waals surface area contributed by atoms with Crippen LogP contribution in [0.15, 0.2) is 4.99 Å². The fourth-order valence-electron chi connectivity index (χ4n) is 5.27. The predicted octanol–water partition coefficient (Wildman–Crippen LogP) is 3.03. The molecule has 144 valence electrons. The molecule has 0 bridgehead atoms. The van der Waals surface area contributed by atoms with Crippen molar-refractivity contribution in [3.8, 4) is 0 Å². The first-order valence-electron chi connectivity index (χ1n) is 9.97. The maximum atomic E-state index is 6.00. The summed E-state index contributed by atoms with van der Waals surface area (Å²) < 4.78 is 11.7. The minimum Gasteiger partial charge on any atom is -0.381 e. The third-order valence-electron chi connectivity index (χ3n) is 6.97. The Labute approximate surface area is 169 Å². The van der Waals surface area contributed by atoms with E-state index >= 15 is 0 Å². The standard InChI is InChI=1S/C19H33N3O2.HI/c1-3-20-17(22-10-8-18(13-22)9-11-23-14-18)21-15-12-16(24-4-2)19(15)6-5-7-19;/h15-16H,3-14H2,1-2H3,(H,20,21);1H. The summed E-state index contributed by atoms with van der Waals surface area (Å²) in [6, 6.07) is 0.546. The van der Waals surface area contributed by atoms with Gasteiger partial charge in [0.15, 0.2) is 5.96 Å². The Morgan fingerprint density at radius 2 is 2.12 bits per heavy atom. The van der Waals surface area contributed by atoms with Gasteiger partial charge in [-0.25, -0.2) is 0 Å². The van der Waals surface area contributed by atoms with E-state index in [9.17, 15) is 0 Å². The first-order chi connectivity index (χ1) is 11.7. The second kappa shape index (κ2) is 7.89. The van der Waals surface area contributed by atoms with Crippen LogP contribution in [0.25, 0.3) is 0 Å². The van der Waals surface area contributed by atoms with E-state index < -0.39 is 0 Å². The highest BCUT2D eigenvalue weighted by Gasteiger charge is 2.59. The Morgan fingerprint density at radius 3 is 2.72 bits per heavy atom. The normalized spacial score (nSPS) is 36.2. The van der Waals surface area contributed by atoms with Crippen LogP contribution in [0.1, 0.15) is 52.4 Å². The number of hydrogen-bond acceptors (Lipinski definition) is 3. The zero-order chi connectivity index (χ0) is 16.6. The Bertz CT molecular complexity index is 489. The van der Waals surface area contributed by atoms with Crippen molar-refractivity contribution in [3.05, 3.63) is 0 Å². The van der Waals surface area contributed by atoms with E-state index in [0.717, 1.165) is 51.8 Å². The second-order valence-electron chi connectivity index (χ2n) is 8.24. The van der Waals surface area contributed by atoms with Crippen molar-refractivity contribution in [1.82, 2.24) is 10.2 Å². The molecule has 0 aromatic rings. The quantitative estimate of drug-likeness (QED) is 0.396. The van der Waals surface area contributed by atoms with Crippen LogP contribution in [0.5, 0.6) is 0 Å². The largest absolute Gasteiger partial charge is 0.381 e. The highest BCUT2D eigenvalue weighted by Crippen LogP contribution is 2.57. The molecule has 2 aliphatic heterocycles. The number of hydrogen-bond donors (Lipinski definition) is 1. The van der Waals surface area contributed by atoms with E-state index in [1.54, 1.807) is 0 Å². The Hall–Kier alpha value is -0.0800. The van der Waals surface area contributed by atoms with Crippen LogP contribution in [-0.4, -0.2) is 62.5 Å². The van der Waals surface area contributed by atoms with Gasteiger partial charge in [0.2, 0.25) is 0 Å². The van der Waals surface area contributed by atoms with Gasteiger partial charge in [-0.2, -0.15) is 0 Å². The summed E-state index contributed by atoms with van der Waals surface area (Å²) in [4.78, 5) is 7.31. The SMILES string of the molecule is CCN=C(NC1CC(OCC)C12CCC2)N1CCC2(CCOC2)C1.I. The van der Waals surface area contributed by atoms with Crippen molar-refractivity contribution in [1.29, 1.82) is 0 Å². The Morgan fingerprint density at radius 1 is 1.28 bits per heavy atom. The van der Waals surface area contributed by atoms with Crippen molar-refractivity contribution >= 4 is 29.9 Å². The molecule has 2 spiro atoms. The van der Waals surface area contributed by atoms with Crippen LogP contribution < -0.4 is 5.32 Å². The number of nitrogens with one attached hydrogen (secondary N) is 1. The first-order valence-corrected chi connectivity index (χ1v) is 9.97. The van der Waals surface area contributed by atoms with E-state index in [-0.39, 0.29) is 24.0 Å². The summed E-state index contributed by atoms with van der Waals surface area (Å²) in [5.41, 5.74) is 0.774. The van der Waals surface area contributed by atoms with Crippen LogP contribution in [0.2, 0.25) is 0 Å². The van der Waals surface area contributed by atoms with Gasteiger partial charge in [-0.15, -0.1) is 24.0 Å². The van der Waals surface area contributed by atoms with Crippen molar-refractivity contribution < 1.29 is 9.47 Å². The molecule has 4 fully saturated rings. The second-order valence-corrected chi connectivity index (χ2v) is 8.24. The lowest BCUT2D eigenvalue weighted by Crippen LogP contribution is -2.68. The van der Waals surface area contributed by atoms with Gasteiger partial charge in [-0.05, 0) is 46.0 Å². The summed E-state index contributed by atoms with van der Waals surface area (Å²) in [5, 5.41) is 3.84. The van der Waals surface area contributed by atoms with Crippen LogP contribution in [0.4, 0.5) is 0 Å². The minimum atomic E-state index is 0. The number of guanidine groups is 1. The van der Waals surface area contributed by atoms with Crippen molar-refractivity contribution in [3.63, 3.8) is 0 Å². The third kappa shape index (κ3) is 3.43.